The summed E-state index contributed by atoms with van der Waals surface area (Å²) in [6.45, 7) is 0.749. The minimum Gasteiger partial charge on any atom is -0.488 e. The molecule has 36 heavy (non-hydrogen) atoms. The van der Waals surface area contributed by atoms with Crippen LogP contribution in [0.25, 0.3) is 11.1 Å². The molecule has 1 amide bonds. The molecule has 0 spiro atoms. The summed E-state index contributed by atoms with van der Waals surface area (Å²) in [6.07, 6.45) is 1.70. The second kappa shape index (κ2) is 11.2. The highest BCUT2D eigenvalue weighted by Gasteiger charge is 2.23. The number of aromatic nitrogens is 1. The summed E-state index contributed by atoms with van der Waals surface area (Å²) in [7, 11) is 0. The number of rotatable bonds is 8. The van der Waals surface area contributed by atoms with Crippen LogP contribution in [0.15, 0.2) is 134 Å². The number of pyridine rings is 1. The Balaban J connectivity index is 1.49. The number of carbonyl (C=O) groups is 1. The van der Waals surface area contributed by atoms with Crippen molar-refractivity contribution in [3.05, 3.63) is 150 Å². The van der Waals surface area contributed by atoms with Gasteiger partial charge in [-0.2, -0.15) is 0 Å². The van der Waals surface area contributed by atoms with E-state index < -0.39 is 0 Å². The van der Waals surface area contributed by atoms with Crippen LogP contribution in [0, 0.1) is 0 Å². The molecular formula is C32H26N2O2. The number of hydrogen-bond acceptors (Lipinski definition) is 3. The Bertz CT molecular complexity index is 1420. The molecule has 176 valence electrons. The Morgan fingerprint density at radius 2 is 1.36 bits per heavy atom. The van der Waals surface area contributed by atoms with Crippen LogP contribution in [-0.4, -0.2) is 10.9 Å². The lowest BCUT2D eigenvalue weighted by Crippen LogP contribution is -2.31. The number of amides is 1. The lowest BCUT2D eigenvalue weighted by molar-refractivity contribution is 0.0980. The van der Waals surface area contributed by atoms with E-state index in [1.165, 1.54) is 0 Å². The Labute approximate surface area is 211 Å². The van der Waals surface area contributed by atoms with Gasteiger partial charge in [-0.3, -0.25) is 9.69 Å². The van der Waals surface area contributed by atoms with Crippen molar-refractivity contribution in [1.82, 2.24) is 4.98 Å². The van der Waals surface area contributed by atoms with E-state index in [1.807, 2.05) is 103 Å². The summed E-state index contributed by atoms with van der Waals surface area (Å²) >= 11 is 0. The first-order valence-corrected chi connectivity index (χ1v) is 11.9. The molecule has 0 bridgehead atoms. The molecule has 0 radical (unpaired) electrons. The maximum absolute atomic E-state index is 14.0. The summed E-state index contributed by atoms with van der Waals surface area (Å²) in [5.74, 6) is 0.965. The minimum absolute atomic E-state index is 0.166. The van der Waals surface area contributed by atoms with E-state index in [4.69, 9.17) is 4.74 Å². The summed E-state index contributed by atoms with van der Waals surface area (Å²) < 4.78 is 6.11. The predicted octanol–water partition coefficient (Wildman–Crippen LogP) is 7.17. The molecule has 0 aliphatic heterocycles. The van der Waals surface area contributed by atoms with E-state index in [1.54, 1.807) is 11.1 Å². The van der Waals surface area contributed by atoms with Gasteiger partial charge >= 0.3 is 0 Å². The zero-order valence-electron chi connectivity index (χ0n) is 19.8. The number of benzene rings is 4. The molecule has 0 aliphatic carbocycles. The third-order valence-corrected chi connectivity index (χ3v) is 5.96. The van der Waals surface area contributed by atoms with Crippen LogP contribution in [0.3, 0.4) is 0 Å². The van der Waals surface area contributed by atoms with Crippen LogP contribution >= 0.6 is 0 Å². The lowest BCUT2D eigenvalue weighted by atomic mass is 9.99. The molecule has 0 fully saturated rings. The molecule has 4 aromatic carbocycles. The lowest BCUT2D eigenvalue weighted by Gasteiger charge is -2.24. The highest BCUT2D eigenvalue weighted by Crippen LogP contribution is 2.29. The summed E-state index contributed by atoms with van der Waals surface area (Å²) in [5, 5.41) is 0. The molecule has 0 unspecified atom stereocenters. The number of ether oxygens (including phenoxy) is 1. The van der Waals surface area contributed by atoms with Crippen LogP contribution in [0.2, 0.25) is 0 Å². The number of nitrogens with zero attached hydrogens (tertiary/aromatic N) is 2. The van der Waals surface area contributed by atoms with Crippen LogP contribution < -0.4 is 9.64 Å². The van der Waals surface area contributed by atoms with Crippen molar-refractivity contribution < 1.29 is 9.53 Å². The van der Waals surface area contributed by atoms with E-state index in [9.17, 15) is 4.79 Å². The van der Waals surface area contributed by atoms with Crippen molar-refractivity contribution in [2.45, 2.75) is 13.2 Å². The highest BCUT2D eigenvalue weighted by molar-refractivity contribution is 6.07. The van der Waals surface area contributed by atoms with Crippen LogP contribution in [-0.2, 0) is 13.2 Å². The Hall–Kier alpha value is -4.70. The summed E-state index contributed by atoms with van der Waals surface area (Å²) in [5.41, 5.74) is 4.76. The van der Waals surface area contributed by atoms with E-state index in [-0.39, 0.29) is 5.91 Å². The minimum atomic E-state index is -0.166. The van der Waals surface area contributed by atoms with Gasteiger partial charge in [0.05, 0.1) is 12.1 Å². The summed E-state index contributed by atoms with van der Waals surface area (Å²) in [4.78, 5) is 20.3. The fraction of sp³-hybridized carbons (Fsp3) is 0.0625. The fourth-order valence-electron chi connectivity index (χ4n) is 4.15. The van der Waals surface area contributed by atoms with Gasteiger partial charge < -0.3 is 4.74 Å². The molecule has 0 saturated carbocycles. The van der Waals surface area contributed by atoms with Gasteiger partial charge in [0.2, 0.25) is 0 Å². The quantitative estimate of drug-likeness (QED) is 0.241. The Kier molecular flexibility index (Phi) is 7.14. The zero-order valence-corrected chi connectivity index (χ0v) is 19.8. The number of carbonyl (C=O) groups excluding carboxylic acids is 1. The molecule has 1 aromatic heterocycles. The van der Waals surface area contributed by atoms with E-state index in [0.717, 1.165) is 22.3 Å². The first kappa shape index (κ1) is 23.1. The monoisotopic (exact) mass is 470 g/mol. The van der Waals surface area contributed by atoms with Crippen molar-refractivity contribution in [3.63, 3.8) is 0 Å². The second-order valence-corrected chi connectivity index (χ2v) is 8.37. The molecule has 5 aromatic rings. The average Bonchev–Trinajstić information content (AvgIpc) is 2.96. The molecule has 1 heterocycles. The van der Waals surface area contributed by atoms with Crippen LogP contribution in [0.1, 0.15) is 21.5 Å². The number of anilines is 1. The van der Waals surface area contributed by atoms with Gasteiger partial charge in [-0.1, -0.05) is 103 Å². The highest BCUT2D eigenvalue weighted by atomic mass is 16.5. The predicted molar refractivity (Wildman–Crippen MR) is 144 cm³/mol. The van der Waals surface area contributed by atoms with Gasteiger partial charge in [-0.05, 0) is 46.5 Å². The largest absolute Gasteiger partial charge is 0.488 e. The molecule has 0 N–H and O–H groups in total. The first-order valence-electron chi connectivity index (χ1n) is 11.9. The molecular weight excluding hydrogens is 444 g/mol. The van der Waals surface area contributed by atoms with Crippen molar-refractivity contribution in [2.75, 3.05) is 4.90 Å². The third kappa shape index (κ3) is 5.34. The SMILES string of the molecule is O=C(c1ccccc1OCc1ccccc1)N(Cc1ccccc1-c1ccccc1)c1ccccn1. The smallest absolute Gasteiger partial charge is 0.263 e. The number of hydrogen-bond donors (Lipinski definition) is 0. The molecule has 0 saturated heterocycles. The van der Waals surface area contributed by atoms with E-state index in [0.29, 0.717) is 30.3 Å². The molecule has 4 nitrogen and oxygen atoms in total. The summed E-state index contributed by atoms with van der Waals surface area (Å²) in [6, 6.07) is 41.3. The van der Waals surface area contributed by atoms with Gasteiger partial charge in [0.25, 0.3) is 5.91 Å². The van der Waals surface area contributed by atoms with Crippen molar-refractivity contribution >= 4 is 11.7 Å². The molecule has 0 atom stereocenters. The standard InChI is InChI=1S/C32H26N2O2/c35-32(29-19-9-10-20-30(29)36-24-25-13-3-1-4-14-25)34(31-21-11-12-22-33-31)23-27-17-7-8-18-28(27)26-15-5-2-6-16-26/h1-22H,23-24H2. The van der Waals surface area contributed by atoms with Crippen LogP contribution in [0.4, 0.5) is 5.82 Å². The molecule has 4 heteroatoms. The molecule has 0 aliphatic rings. The third-order valence-electron chi connectivity index (χ3n) is 5.96. The fourth-order valence-corrected chi connectivity index (χ4v) is 4.15. The number of para-hydroxylation sites is 1. The topological polar surface area (TPSA) is 42.4 Å². The maximum atomic E-state index is 14.0. The van der Waals surface area contributed by atoms with Gasteiger partial charge in [-0.15, -0.1) is 0 Å². The first-order chi connectivity index (χ1) is 17.8. The normalized spacial score (nSPS) is 10.6. The van der Waals surface area contributed by atoms with E-state index >= 15 is 0 Å². The van der Waals surface area contributed by atoms with Crippen molar-refractivity contribution in [3.8, 4) is 16.9 Å². The van der Waals surface area contributed by atoms with Gasteiger partial charge in [0.1, 0.15) is 18.2 Å². The van der Waals surface area contributed by atoms with Crippen LogP contribution in [0.5, 0.6) is 5.75 Å². The van der Waals surface area contributed by atoms with Crippen molar-refractivity contribution in [2.24, 2.45) is 0 Å². The van der Waals surface area contributed by atoms with Gasteiger partial charge in [0, 0.05) is 6.20 Å². The Morgan fingerprint density at radius 1 is 0.694 bits per heavy atom. The Morgan fingerprint density at radius 3 is 2.14 bits per heavy atom. The van der Waals surface area contributed by atoms with Crippen molar-refractivity contribution in [1.29, 1.82) is 0 Å². The molecule has 5 rings (SSSR count). The average molecular weight is 471 g/mol. The zero-order chi connectivity index (χ0) is 24.6. The van der Waals surface area contributed by atoms with E-state index in [2.05, 4.69) is 29.2 Å². The van der Waals surface area contributed by atoms with Gasteiger partial charge in [0.15, 0.2) is 0 Å². The maximum Gasteiger partial charge on any atom is 0.263 e. The second-order valence-electron chi connectivity index (χ2n) is 8.37. The van der Waals surface area contributed by atoms with Gasteiger partial charge in [-0.25, -0.2) is 4.98 Å².